The van der Waals surface area contributed by atoms with Gasteiger partial charge in [-0.05, 0) is 38.8 Å². The molecule has 11 nitrogen and oxygen atoms in total. The van der Waals surface area contributed by atoms with Crippen molar-refractivity contribution < 1.29 is 26.8 Å². The van der Waals surface area contributed by atoms with Crippen LogP contribution in [-0.4, -0.2) is 77.6 Å². The number of hydroxylamine groups is 2. The van der Waals surface area contributed by atoms with Gasteiger partial charge < -0.3 is 10.1 Å². The zero-order valence-electron chi connectivity index (χ0n) is 13.0. The molecule has 136 valence electrons. The summed E-state index contributed by atoms with van der Waals surface area (Å²) in [6.45, 7) is 1.99. The third-order valence-corrected chi connectivity index (χ3v) is 5.61. The molecule has 0 aromatic heterocycles. The smallest absolute Gasteiger partial charge is 0.322 e. The fourth-order valence-electron chi connectivity index (χ4n) is 4.07. The van der Waals surface area contributed by atoms with E-state index < -0.39 is 28.5 Å². The number of carbonyl (C=O) groups excluding carboxylic acids is 1. The Morgan fingerprint density at radius 3 is 2.75 bits per heavy atom. The van der Waals surface area contributed by atoms with Crippen LogP contribution in [0.25, 0.3) is 0 Å². The highest BCUT2D eigenvalue weighted by Gasteiger charge is 2.70. The normalized spacial score (nSPS) is 39.5. The van der Waals surface area contributed by atoms with Crippen LogP contribution >= 0.6 is 0 Å². The van der Waals surface area contributed by atoms with Gasteiger partial charge in [-0.25, -0.2) is 10.7 Å². The Balaban J connectivity index is 1.46. The summed E-state index contributed by atoms with van der Waals surface area (Å²) in [7, 11) is -4.63. The number of amides is 1. The molecule has 0 aromatic carbocycles. The van der Waals surface area contributed by atoms with E-state index >= 15 is 0 Å². The van der Waals surface area contributed by atoms with Crippen molar-refractivity contribution in [2.75, 3.05) is 19.6 Å². The monoisotopic (exact) mass is 363 g/mol. The number of carbonyl (C=O) groups is 1. The highest BCUT2D eigenvalue weighted by molar-refractivity contribution is 7.80. The molecule has 0 radical (unpaired) electrons. The van der Waals surface area contributed by atoms with Gasteiger partial charge in [-0.2, -0.15) is 8.42 Å². The summed E-state index contributed by atoms with van der Waals surface area (Å²) in [5, 5.41) is 5.65. The summed E-state index contributed by atoms with van der Waals surface area (Å²) in [4.78, 5) is 14.5. The predicted octanol–water partition coefficient (Wildman–Crippen LogP) is -2.03. The fraction of sp³-hybridized carbons (Fsp3) is 0.917. The summed E-state index contributed by atoms with van der Waals surface area (Å²) in [5.74, 6) is 5.86. The van der Waals surface area contributed by atoms with Crippen molar-refractivity contribution in [3.05, 3.63) is 0 Å². The van der Waals surface area contributed by atoms with Crippen LogP contribution in [-0.2, 0) is 24.2 Å². The maximum absolute atomic E-state index is 12.8. The highest BCUT2D eigenvalue weighted by atomic mass is 32.3. The van der Waals surface area contributed by atoms with Crippen LogP contribution in [0.3, 0.4) is 0 Å². The first-order valence-electron chi connectivity index (χ1n) is 7.99. The molecule has 1 amide bonds. The van der Waals surface area contributed by atoms with Gasteiger partial charge in [-0.3, -0.25) is 14.4 Å². The molecular formula is C12H21N5O6S. The van der Waals surface area contributed by atoms with Crippen molar-refractivity contribution in [1.29, 1.82) is 0 Å². The lowest BCUT2D eigenvalue weighted by atomic mass is 9.96. The Labute approximate surface area is 139 Å². The van der Waals surface area contributed by atoms with Gasteiger partial charge >= 0.3 is 10.4 Å². The Morgan fingerprint density at radius 2 is 2.08 bits per heavy atom. The minimum Gasteiger partial charge on any atom is -0.322 e. The molecule has 0 aromatic rings. The molecule has 3 unspecified atom stereocenters. The molecule has 5 heterocycles. The van der Waals surface area contributed by atoms with Crippen molar-refractivity contribution in [1.82, 2.24) is 20.3 Å². The molecule has 5 rings (SSSR count). The molecule has 0 aliphatic carbocycles. The van der Waals surface area contributed by atoms with Gasteiger partial charge in [0.25, 0.3) is 5.91 Å². The van der Waals surface area contributed by atoms with Gasteiger partial charge in [0.2, 0.25) is 0 Å². The molecule has 3 bridgehead atoms. The van der Waals surface area contributed by atoms with E-state index in [9.17, 15) is 13.2 Å². The summed E-state index contributed by atoms with van der Waals surface area (Å²) >= 11 is 0. The van der Waals surface area contributed by atoms with Crippen molar-refractivity contribution in [3.8, 4) is 0 Å². The maximum atomic E-state index is 12.8. The lowest BCUT2D eigenvalue weighted by molar-refractivity contribution is -0.415. The van der Waals surface area contributed by atoms with E-state index in [0.29, 0.717) is 19.4 Å². The third-order valence-electron chi connectivity index (χ3n) is 5.27. The van der Waals surface area contributed by atoms with E-state index in [4.69, 9.17) is 15.1 Å². The zero-order valence-corrected chi connectivity index (χ0v) is 13.8. The second-order valence-electron chi connectivity index (χ2n) is 6.67. The minimum absolute atomic E-state index is 0.00155. The number of rotatable bonds is 4. The van der Waals surface area contributed by atoms with Gasteiger partial charge in [0.15, 0.2) is 12.1 Å². The van der Waals surface area contributed by atoms with E-state index in [0.717, 1.165) is 31.0 Å². The molecule has 5 fully saturated rings. The van der Waals surface area contributed by atoms with E-state index in [2.05, 4.69) is 9.60 Å². The van der Waals surface area contributed by atoms with E-state index in [1.54, 1.807) is 4.90 Å². The van der Waals surface area contributed by atoms with E-state index in [-0.39, 0.29) is 11.9 Å². The lowest BCUT2D eigenvalue weighted by Crippen LogP contribution is -2.63. The molecule has 1 spiro atoms. The number of nitrogens with one attached hydrogen (secondary N) is 1. The van der Waals surface area contributed by atoms with E-state index in [1.807, 2.05) is 0 Å². The highest BCUT2D eigenvalue weighted by Crippen LogP contribution is 2.52. The molecular weight excluding hydrogens is 342 g/mol. The molecule has 24 heavy (non-hydrogen) atoms. The SMILES string of the molecule is NN(C(=O)[C@@H]1CCC23CN1C(O2)N3OS(=O)(=O)O)C1CCNCC1. The predicted molar refractivity (Wildman–Crippen MR) is 78.7 cm³/mol. The summed E-state index contributed by atoms with van der Waals surface area (Å²) in [5.41, 5.74) is -0.911. The zero-order chi connectivity index (χ0) is 17.1. The number of ether oxygens (including phenoxy) is 1. The number of nitrogens with two attached hydrogens (primary N) is 1. The largest absolute Gasteiger partial charge is 0.414 e. The van der Waals surface area contributed by atoms with Gasteiger partial charge in [0.05, 0.1) is 12.1 Å². The van der Waals surface area contributed by atoms with Gasteiger partial charge in [0.1, 0.15) is 0 Å². The number of hydrogen-bond donors (Lipinski definition) is 3. The van der Waals surface area contributed by atoms with Crippen molar-refractivity contribution in [2.45, 2.75) is 49.8 Å². The van der Waals surface area contributed by atoms with Crippen molar-refractivity contribution in [2.24, 2.45) is 5.84 Å². The first-order valence-corrected chi connectivity index (χ1v) is 9.36. The molecule has 12 heteroatoms. The van der Waals surface area contributed by atoms with E-state index in [1.165, 1.54) is 5.01 Å². The Morgan fingerprint density at radius 1 is 1.38 bits per heavy atom. The molecule has 4 N–H and O–H groups in total. The first-order chi connectivity index (χ1) is 11.3. The maximum Gasteiger partial charge on any atom is 0.414 e. The molecule has 4 atom stereocenters. The standard InChI is InChI=1S/C12H21N5O6S/c13-16(8-2-5-14-6-3-8)10(18)9-1-4-12-7-15(9)11(22-12)17(12)23-24(19,20)21/h8-9,11,14H,1-7,13H2,(H,19,20,21)/t9-,11?,12?/m0/s1. The molecule has 5 saturated heterocycles. The quantitative estimate of drug-likeness (QED) is 0.222. The van der Waals surface area contributed by atoms with Crippen LogP contribution in [0.1, 0.15) is 25.7 Å². The Kier molecular flexibility index (Phi) is 3.85. The Bertz CT molecular complexity index is 640. The first kappa shape index (κ1) is 16.6. The van der Waals surface area contributed by atoms with Crippen LogP contribution in [0, 0.1) is 0 Å². The Hall–Kier alpha value is -0.860. The van der Waals surface area contributed by atoms with Gasteiger partial charge in [-0.15, -0.1) is 4.28 Å². The molecule has 5 aliphatic rings. The number of hydrazine groups is 1. The van der Waals surface area contributed by atoms with Crippen LogP contribution in [0.5, 0.6) is 0 Å². The lowest BCUT2D eigenvalue weighted by Gasteiger charge is -2.45. The summed E-state index contributed by atoms with van der Waals surface area (Å²) in [6, 6.07) is -0.487. The van der Waals surface area contributed by atoms with Crippen LogP contribution in [0.2, 0.25) is 0 Å². The van der Waals surface area contributed by atoms with Crippen LogP contribution in [0.4, 0.5) is 0 Å². The molecule has 0 saturated carbocycles. The number of piperidine rings is 2. The second kappa shape index (κ2) is 5.57. The number of nitrogens with zero attached hydrogens (tertiary/aromatic N) is 3. The van der Waals surface area contributed by atoms with Gasteiger partial charge in [0, 0.05) is 6.54 Å². The summed E-state index contributed by atoms with van der Waals surface area (Å²) < 4.78 is 41.1. The van der Waals surface area contributed by atoms with Crippen molar-refractivity contribution >= 4 is 16.3 Å². The number of hydrogen-bond acceptors (Lipinski definition) is 9. The summed E-state index contributed by atoms with van der Waals surface area (Å²) in [6.07, 6.45) is 1.71. The minimum atomic E-state index is -4.63. The average Bonchev–Trinajstić information content (AvgIpc) is 2.97. The topological polar surface area (TPSA) is 138 Å². The van der Waals surface area contributed by atoms with Crippen LogP contribution < -0.4 is 11.2 Å². The van der Waals surface area contributed by atoms with Crippen LogP contribution in [0.15, 0.2) is 0 Å². The van der Waals surface area contributed by atoms with Crippen molar-refractivity contribution in [3.63, 3.8) is 0 Å². The second-order valence-corrected chi connectivity index (χ2v) is 7.68. The third kappa shape index (κ3) is 2.54. The molecule has 5 aliphatic heterocycles. The van der Waals surface area contributed by atoms with Gasteiger partial charge in [-0.1, -0.05) is 5.06 Å². The fourth-order valence-corrected chi connectivity index (χ4v) is 4.48. The average molecular weight is 363 g/mol.